The molecule has 0 aliphatic carbocycles. The second kappa shape index (κ2) is 9.83. The fraction of sp³-hybridized carbons (Fsp3) is 0.400. The third-order valence-electron chi connectivity index (χ3n) is 6.25. The maximum absolute atomic E-state index is 13.2. The number of nitrogens with zero attached hydrogens (tertiary/aromatic N) is 1. The van der Waals surface area contributed by atoms with Crippen LogP contribution in [0.2, 0.25) is 0 Å². The Balaban J connectivity index is 1.59. The summed E-state index contributed by atoms with van der Waals surface area (Å²) in [7, 11) is -3.73. The van der Waals surface area contributed by atoms with E-state index in [0.29, 0.717) is 23.2 Å². The number of para-hydroxylation sites is 1. The second-order valence-corrected chi connectivity index (χ2v) is 11.4. The summed E-state index contributed by atoms with van der Waals surface area (Å²) in [4.78, 5) is 5.98. The summed E-state index contributed by atoms with van der Waals surface area (Å²) in [6.45, 7) is 9.50. The molecule has 0 saturated carbocycles. The van der Waals surface area contributed by atoms with Gasteiger partial charge < -0.3 is 10.1 Å². The van der Waals surface area contributed by atoms with E-state index >= 15 is 0 Å². The lowest BCUT2D eigenvalue weighted by Gasteiger charge is -2.28. The number of anilines is 2. The van der Waals surface area contributed by atoms with Gasteiger partial charge in [-0.05, 0) is 75.3 Å². The van der Waals surface area contributed by atoms with Gasteiger partial charge in [-0.3, -0.25) is 4.72 Å². The molecule has 6 nitrogen and oxygen atoms in total. The van der Waals surface area contributed by atoms with E-state index in [-0.39, 0.29) is 4.90 Å². The van der Waals surface area contributed by atoms with Crippen molar-refractivity contribution in [2.24, 2.45) is 5.92 Å². The van der Waals surface area contributed by atoms with Crippen LogP contribution in [0.25, 0.3) is 10.4 Å². The zero-order valence-corrected chi connectivity index (χ0v) is 21.1. The minimum Gasteiger partial charge on any atom is -0.381 e. The van der Waals surface area contributed by atoms with E-state index in [4.69, 9.17) is 9.72 Å². The molecule has 1 unspecified atom stereocenters. The standard InChI is InChI=1S/C25H31N3O3S2/c1-16-7-5-6-8-22(16)28-33(29,30)23-15-21(10-9-17(23)2)24-19(4)27-25(32-24)26-18(3)20-11-13-31-14-12-20/h5-10,15,18,20,28H,11-14H2,1-4H3,(H,26,27). The van der Waals surface area contributed by atoms with Crippen LogP contribution in [0, 0.1) is 26.7 Å². The minimum absolute atomic E-state index is 0.279. The molecule has 0 radical (unpaired) electrons. The number of ether oxygens (including phenoxy) is 1. The van der Waals surface area contributed by atoms with Crippen molar-refractivity contribution in [3.05, 3.63) is 59.3 Å². The average Bonchev–Trinajstić information content (AvgIpc) is 3.16. The molecule has 1 aliphatic heterocycles. The van der Waals surface area contributed by atoms with E-state index in [1.54, 1.807) is 23.5 Å². The average molecular weight is 486 g/mol. The molecule has 2 aromatic carbocycles. The Labute approximate surface area is 200 Å². The third kappa shape index (κ3) is 5.39. The van der Waals surface area contributed by atoms with E-state index in [9.17, 15) is 8.42 Å². The van der Waals surface area contributed by atoms with Crippen LogP contribution in [0.3, 0.4) is 0 Å². The number of hydrogen-bond donors (Lipinski definition) is 2. The molecule has 1 fully saturated rings. The first kappa shape index (κ1) is 23.7. The Hall–Kier alpha value is -2.42. The lowest BCUT2D eigenvalue weighted by molar-refractivity contribution is 0.0622. The maximum atomic E-state index is 13.2. The van der Waals surface area contributed by atoms with Crippen LogP contribution in [-0.2, 0) is 14.8 Å². The van der Waals surface area contributed by atoms with Crippen LogP contribution < -0.4 is 10.0 Å². The molecule has 2 heterocycles. The predicted octanol–water partition coefficient (Wildman–Crippen LogP) is 5.76. The van der Waals surface area contributed by atoms with E-state index in [0.717, 1.165) is 52.9 Å². The monoisotopic (exact) mass is 485 g/mol. The molecule has 1 saturated heterocycles. The van der Waals surface area contributed by atoms with Crippen molar-refractivity contribution in [2.75, 3.05) is 23.3 Å². The second-order valence-electron chi connectivity index (χ2n) is 8.72. The number of benzene rings is 2. The summed E-state index contributed by atoms with van der Waals surface area (Å²) in [6.07, 6.45) is 2.11. The van der Waals surface area contributed by atoms with Crippen LogP contribution in [0.4, 0.5) is 10.8 Å². The van der Waals surface area contributed by atoms with Gasteiger partial charge in [0.25, 0.3) is 10.0 Å². The third-order valence-corrected chi connectivity index (χ3v) is 8.90. The van der Waals surface area contributed by atoms with Crippen LogP contribution in [0.1, 0.15) is 36.6 Å². The summed E-state index contributed by atoms with van der Waals surface area (Å²) < 4.78 is 34.7. The Morgan fingerprint density at radius 2 is 1.79 bits per heavy atom. The van der Waals surface area contributed by atoms with Gasteiger partial charge in [-0.25, -0.2) is 13.4 Å². The molecule has 8 heteroatoms. The van der Waals surface area contributed by atoms with Gasteiger partial charge in [-0.15, -0.1) is 0 Å². The zero-order valence-electron chi connectivity index (χ0n) is 19.5. The number of nitrogens with one attached hydrogen (secondary N) is 2. The molecular weight excluding hydrogens is 454 g/mol. The first-order valence-corrected chi connectivity index (χ1v) is 13.6. The van der Waals surface area contributed by atoms with Gasteiger partial charge in [0.05, 0.1) is 21.2 Å². The Morgan fingerprint density at radius 1 is 1.06 bits per heavy atom. The van der Waals surface area contributed by atoms with Gasteiger partial charge in [-0.2, -0.15) is 0 Å². The smallest absolute Gasteiger partial charge is 0.262 e. The summed E-state index contributed by atoms with van der Waals surface area (Å²) >= 11 is 1.57. The van der Waals surface area contributed by atoms with Crippen molar-refractivity contribution in [1.82, 2.24) is 4.98 Å². The zero-order chi connectivity index (χ0) is 23.6. The summed E-state index contributed by atoms with van der Waals surface area (Å²) in [5.74, 6) is 0.565. The van der Waals surface area contributed by atoms with Gasteiger partial charge in [-0.1, -0.05) is 41.7 Å². The van der Waals surface area contributed by atoms with Gasteiger partial charge in [0, 0.05) is 19.3 Å². The fourth-order valence-corrected chi connectivity index (χ4v) is 6.63. The van der Waals surface area contributed by atoms with Crippen LogP contribution in [-0.4, -0.2) is 32.7 Å². The number of hydrogen-bond acceptors (Lipinski definition) is 6. The van der Waals surface area contributed by atoms with E-state index in [1.807, 2.05) is 51.1 Å². The van der Waals surface area contributed by atoms with Crippen molar-refractivity contribution in [1.29, 1.82) is 0 Å². The molecule has 0 bridgehead atoms. The molecule has 33 heavy (non-hydrogen) atoms. The normalized spacial score (nSPS) is 15.9. The minimum atomic E-state index is -3.73. The highest BCUT2D eigenvalue weighted by molar-refractivity contribution is 7.92. The van der Waals surface area contributed by atoms with E-state index in [1.165, 1.54) is 0 Å². The molecule has 0 amide bonds. The van der Waals surface area contributed by atoms with Crippen LogP contribution in [0.5, 0.6) is 0 Å². The maximum Gasteiger partial charge on any atom is 0.262 e. The molecule has 4 rings (SSSR count). The van der Waals surface area contributed by atoms with Gasteiger partial charge in [0.15, 0.2) is 5.13 Å². The SMILES string of the molecule is Cc1ccccc1NS(=O)(=O)c1cc(-c2sc(NC(C)C3CCOCC3)nc2C)ccc1C. The molecule has 176 valence electrons. The largest absolute Gasteiger partial charge is 0.381 e. The fourth-order valence-electron chi connectivity index (χ4n) is 4.17. The highest BCUT2D eigenvalue weighted by Crippen LogP contribution is 2.36. The number of aryl methyl sites for hydroxylation is 3. The number of thiazole rings is 1. The summed E-state index contributed by atoms with van der Waals surface area (Å²) in [5.41, 5.74) is 3.91. The molecule has 1 aliphatic rings. The molecule has 2 N–H and O–H groups in total. The Morgan fingerprint density at radius 3 is 2.52 bits per heavy atom. The first-order chi connectivity index (χ1) is 15.7. The lowest BCUT2D eigenvalue weighted by atomic mass is 9.93. The summed E-state index contributed by atoms with van der Waals surface area (Å²) in [6, 6.07) is 13.3. The van der Waals surface area contributed by atoms with Crippen molar-refractivity contribution in [3.8, 4) is 10.4 Å². The van der Waals surface area contributed by atoms with E-state index < -0.39 is 10.0 Å². The Bertz CT molecular complexity index is 1230. The molecule has 1 aromatic heterocycles. The number of sulfonamides is 1. The van der Waals surface area contributed by atoms with Gasteiger partial charge >= 0.3 is 0 Å². The topological polar surface area (TPSA) is 80.3 Å². The van der Waals surface area contributed by atoms with Crippen molar-refractivity contribution < 1.29 is 13.2 Å². The highest BCUT2D eigenvalue weighted by atomic mass is 32.2. The van der Waals surface area contributed by atoms with Gasteiger partial charge in [0.1, 0.15) is 0 Å². The number of aromatic nitrogens is 1. The highest BCUT2D eigenvalue weighted by Gasteiger charge is 2.23. The Kier molecular flexibility index (Phi) is 7.07. The molecular formula is C25H31N3O3S2. The van der Waals surface area contributed by atoms with Crippen LogP contribution >= 0.6 is 11.3 Å². The summed E-state index contributed by atoms with van der Waals surface area (Å²) in [5, 5.41) is 4.42. The van der Waals surface area contributed by atoms with E-state index in [2.05, 4.69) is 17.0 Å². The first-order valence-electron chi connectivity index (χ1n) is 11.3. The lowest BCUT2D eigenvalue weighted by Crippen LogP contribution is -2.30. The molecule has 0 spiro atoms. The van der Waals surface area contributed by atoms with Gasteiger partial charge in [0.2, 0.25) is 0 Å². The van der Waals surface area contributed by atoms with Crippen molar-refractivity contribution in [2.45, 2.75) is 51.5 Å². The van der Waals surface area contributed by atoms with Crippen LogP contribution in [0.15, 0.2) is 47.4 Å². The molecule has 3 aromatic rings. The quantitative estimate of drug-likeness (QED) is 0.444. The van der Waals surface area contributed by atoms with Crippen molar-refractivity contribution in [3.63, 3.8) is 0 Å². The molecule has 1 atom stereocenters. The van der Waals surface area contributed by atoms with Crippen molar-refractivity contribution >= 4 is 32.2 Å². The predicted molar refractivity (Wildman–Crippen MR) is 136 cm³/mol. The number of rotatable bonds is 7.